The van der Waals surface area contributed by atoms with Crippen molar-refractivity contribution in [1.29, 1.82) is 0 Å². The summed E-state index contributed by atoms with van der Waals surface area (Å²) in [5.41, 5.74) is 5.25. The highest BCUT2D eigenvalue weighted by molar-refractivity contribution is 7.98. The van der Waals surface area contributed by atoms with Crippen molar-refractivity contribution in [3.05, 3.63) is 59.7 Å². The molecule has 6 heteroatoms. The summed E-state index contributed by atoms with van der Waals surface area (Å²) < 4.78 is 0. The third-order valence-corrected chi connectivity index (χ3v) is 5.26. The van der Waals surface area contributed by atoms with Crippen molar-refractivity contribution in [2.45, 2.75) is 17.2 Å². The quantitative estimate of drug-likeness (QED) is 0.529. The predicted octanol–water partition coefficient (Wildman–Crippen LogP) is 3.30. The van der Waals surface area contributed by atoms with Gasteiger partial charge >= 0.3 is 5.97 Å². The first-order valence-corrected chi connectivity index (χ1v) is 8.79. The minimum absolute atomic E-state index is 0.249. The van der Waals surface area contributed by atoms with Crippen LogP contribution in [-0.2, 0) is 17.1 Å². The Hall–Kier alpha value is -2.02. The summed E-state index contributed by atoms with van der Waals surface area (Å²) in [5, 5.41) is 18.3. The molecule has 0 radical (unpaired) electrons. The maximum Gasteiger partial charge on any atom is 0.309 e. The average Bonchev–Trinajstić information content (AvgIpc) is 2.56. The highest BCUT2D eigenvalue weighted by Crippen LogP contribution is 2.31. The molecule has 24 heavy (non-hydrogen) atoms. The van der Waals surface area contributed by atoms with Crippen LogP contribution in [0.25, 0.3) is 0 Å². The first-order chi connectivity index (χ1) is 11.7. The van der Waals surface area contributed by atoms with Crippen LogP contribution in [0.5, 0.6) is 0 Å². The molecule has 126 valence electrons. The van der Waals surface area contributed by atoms with E-state index in [2.05, 4.69) is 22.5 Å². The lowest BCUT2D eigenvalue weighted by Gasteiger charge is -2.36. The van der Waals surface area contributed by atoms with E-state index in [-0.39, 0.29) is 5.92 Å². The predicted molar refractivity (Wildman–Crippen MR) is 94.3 cm³/mol. The van der Waals surface area contributed by atoms with Crippen LogP contribution in [0.4, 0.5) is 5.69 Å². The Morgan fingerprint density at radius 2 is 1.92 bits per heavy atom. The second-order valence-corrected chi connectivity index (χ2v) is 6.96. The van der Waals surface area contributed by atoms with Gasteiger partial charge in [0.2, 0.25) is 0 Å². The van der Waals surface area contributed by atoms with E-state index in [4.69, 9.17) is 5.11 Å². The van der Waals surface area contributed by atoms with Gasteiger partial charge in [-0.1, -0.05) is 36.4 Å². The molecule has 1 fully saturated rings. The van der Waals surface area contributed by atoms with Gasteiger partial charge < -0.3 is 5.11 Å². The molecule has 2 aromatic rings. The number of thioether (sulfide) groups is 1. The third-order valence-electron chi connectivity index (χ3n) is 4.11. The molecular formula is C18H20N2O3S. The molecule has 0 aliphatic carbocycles. The molecule has 5 nitrogen and oxygen atoms in total. The van der Waals surface area contributed by atoms with E-state index in [0.29, 0.717) is 25.3 Å². The number of rotatable bonds is 7. The second-order valence-electron chi connectivity index (χ2n) is 5.95. The summed E-state index contributed by atoms with van der Waals surface area (Å²) in [5.74, 6) is -0.140. The summed E-state index contributed by atoms with van der Waals surface area (Å²) in [4.78, 5) is 13.9. The molecule has 2 aromatic carbocycles. The monoisotopic (exact) mass is 344 g/mol. The topological polar surface area (TPSA) is 72.8 Å². The van der Waals surface area contributed by atoms with Gasteiger partial charge in [-0.25, -0.2) is 0 Å². The standard InChI is InChI=1S/C18H20N2O3S/c21-18(22)15-10-20(11-15)9-14-6-7-17(16(8-14)19-23)24-12-13-4-2-1-3-5-13/h1-8,15,19,23H,9-12H2,(H,21,22). The van der Waals surface area contributed by atoms with Crippen molar-refractivity contribution in [3.63, 3.8) is 0 Å². The fourth-order valence-electron chi connectivity index (χ4n) is 2.74. The van der Waals surface area contributed by atoms with Gasteiger partial charge in [0, 0.05) is 30.3 Å². The smallest absolute Gasteiger partial charge is 0.309 e. The number of likely N-dealkylation sites (tertiary alicyclic amines) is 1. The van der Waals surface area contributed by atoms with E-state index in [1.165, 1.54) is 5.56 Å². The van der Waals surface area contributed by atoms with E-state index in [0.717, 1.165) is 16.2 Å². The Balaban J connectivity index is 1.60. The van der Waals surface area contributed by atoms with Gasteiger partial charge in [-0.2, -0.15) is 0 Å². The van der Waals surface area contributed by atoms with E-state index < -0.39 is 5.97 Å². The Kier molecular flexibility index (Phi) is 5.40. The molecule has 0 unspecified atom stereocenters. The molecule has 1 heterocycles. The van der Waals surface area contributed by atoms with Crippen LogP contribution in [-0.4, -0.2) is 34.3 Å². The zero-order chi connectivity index (χ0) is 16.9. The van der Waals surface area contributed by atoms with E-state index >= 15 is 0 Å². The number of carboxylic acids is 1. The molecule has 1 aliphatic heterocycles. The lowest BCUT2D eigenvalue weighted by molar-refractivity contribution is -0.147. The average molecular weight is 344 g/mol. The summed E-state index contributed by atoms with van der Waals surface area (Å²) in [7, 11) is 0. The van der Waals surface area contributed by atoms with Gasteiger partial charge in [-0.15, -0.1) is 11.8 Å². The van der Waals surface area contributed by atoms with Gasteiger partial charge in [-0.05, 0) is 23.3 Å². The van der Waals surface area contributed by atoms with Crippen LogP contribution in [0.2, 0.25) is 0 Å². The molecule has 0 aromatic heterocycles. The molecule has 3 rings (SSSR count). The van der Waals surface area contributed by atoms with Crippen LogP contribution >= 0.6 is 11.8 Å². The number of aliphatic carboxylic acids is 1. The highest BCUT2D eigenvalue weighted by Gasteiger charge is 2.32. The van der Waals surface area contributed by atoms with Gasteiger partial charge in [0.1, 0.15) is 0 Å². The van der Waals surface area contributed by atoms with E-state index in [9.17, 15) is 10.0 Å². The lowest BCUT2D eigenvalue weighted by atomic mass is 9.99. The molecular weight excluding hydrogens is 324 g/mol. The molecule has 0 saturated carbocycles. The number of nitrogens with zero attached hydrogens (tertiary/aromatic N) is 1. The van der Waals surface area contributed by atoms with Crippen molar-refractivity contribution in [2.24, 2.45) is 5.92 Å². The SMILES string of the molecule is O=C(O)C1CN(Cc2ccc(SCc3ccccc3)c(NO)c2)C1. The summed E-state index contributed by atoms with van der Waals surface area (Å²) in [6.45, 7) is 1.87. The number of benzene rings is 2. The van der Waals surface area contributed by atoms with Gasteiger partial charge in [-0.3, -0.25) is 20.4 Å². The minimum atomic E-state index is -0.725. The first kappa shape index (κ1) is 16.8. The zero-order valence-corrected chi connectivity index (χ0v) is 14.0. The second kappa shape index (κ2) is 7.70. The Morgan fingerprint density at radius 3 is 2.58 bits per heavy atom. The summed E-state index contributed by atoms with van der Waals surface area (Å²) in [6, 6.07) is 16.1. The number of anilines is 1. The minimum Gasteiger partial charge on any atom is -0.481 e. The molecule has 0 bridgehead atoms. The summed E-state index contributed by atoms with van der Waals surface area (Å²) >= 11 is 1.66. The highest BCUT2D eigenvalue weighted by atomic mass is 32.2. The van der Waals surface area contributed by atoms with Crippen LogP contribution in [0.3, 0.4) is 0 Å². The molecule has 0 spiro atoms. The van der Waals surface area contributed by atoms with Crippen molar-refractivity contribution >= 4 is 23.4 Å². The maximum atomic E-state index is 10.8. The molecule has 0 amide bonds. The van der Waals surface area contributed by atoms with Crippen LogP contribution in [0, 0.1) is 5.92 Å². The Labute approximate surface area is 145 Å². The maximum absolute atomic E-state index is 10.8. The zero-order valence-electron chi connectivity index (χ0n) is 13.2. The summed E-state index contributed by atoms with van der Waals surface area (Å²) in [6.07, 6.45) is 0. The van der Waals surface area contributed by atoms with Crippen LogP contribution in [0.1, 0.15) is 11.1 Å². The lowest BCUT2D eigenvalue weighted by Crippen LogP contribution is -2.49. The third kappa shape index (κ3) is 4.08. The van der Waals surface area contributed by atoms with Gasteiger partial charge in [0.15, 0.2) is 0 Å². The van der Waals surface area contributed by atoms with E-state index in [1.54, 1.807) is 11.8 Å². The number of carboxylic acid groups (broad SMARTS) is 1. The van der Waals surface area contributed by atoms with Crippen molar-refractivity contribution in [3.8, 4) is 0 Å². The van der Waals surface area contributed by atoms with Crippen molar-refractivity contribution < 1.29 is 15.1 Å². The number of carbonyl (C=O) groups is 1. The van der Waals surface area contributed by atoms with Crippen molar-refractivity contribution in [1.82, 2.24) is 4.90 Å². The Morgan fingerprint density at radius 1 is 1.17 bits per heavy atom. The molecule has 3 N–H and O–H groups in total. The van der Waals surface area contributed by atoms with Gasteiger partial charge in [0.25, 0.3) is 0 Å². The van der Waals surface area contributed by atoms with E-state index in [1.807, 2.05) is 36.4 Å². The molecule has 1 saturated heterocycles. The largest absolute Gasteiger partial charge is 0.481 e. The number of hydrogen-bond donors (Lipinski definition) is 3. The Bertz CT molecular complexity index is 703. The van der Waals surface area contributed by atoms with Crippen LogP contribution < -0.4 is 5.48 Å². The first-order valence-electron chi connectivity index (χ1n) is 7.80. The van der Waals surface area contributed by atoms with Crippen molar-refractivity contribution in [2.75, 3.05) is 18.6 Å². The normalized spacial score (nSPS) is 15.0. The number of hydrogen-bond acceptors (Lipinski definition) is 5. The molecule has 0 atom stereocenters. The molecule has 1 aliphatic rings. The number of nitrogens with one attached hydrogen (secondary N) is 1. The van der Waals surface area contributed by atoms with Gasteiger partial charge in [0.05, 0.1) is 11.6 Å². The fourth-order valence-corrected chi connectivity index (χ4v) is 3.68. The fraction of sp³-hybridized carbons (Fsp3) is 0.278. The van der Waals surface area contributed by atoms with Crippen LogP contribution in [0.15, 0.2) is 53.4 Å².